The lowest BCUT2D eigenvalue weighted by molar-refractivity contribution is -0.123. The van der Waals surface area contributed by atoms with Crippen LogP contribution in [0.15, 0.2) is 72.3 Å². The zero-order valence-corrected chi connectivity index (χ0v) is 21.7. The maximum atomic E-state index is 13.3. The zero-order chi connectivity index (χ0) is 25.1. The van der Waals surface area contributed by atoms with Crippen LogP contribution in [-0.2, 0) is 9.53 Å². The molecule has 1 amide bonds. The molecule has 8 heteroatoms. The number of para-hydroxylation sites is 1. The molecular weight excluding hydrogens is 490 g/mol. The van der Waals surface area contributed by atoms with E-state index in [1.165, 1.54) is 11.8 Å². The van der Waals surface area contributed by atoms with Crippen molar-refractivity contribution in [1.29, 1.82) is 0 Å². The molecule has 1 aromatic heterocycles. The number of aromatic nitrogens is 2. The second kappa shape index (κ2) is 10.8. The van der Waals surface area contributed by atoms with Gasteiger partial charge in [-0.1, -0.05) is 54.8 Å². The van der Waals surface area contributed by atoms with Gasteiger partial charge in [0.1, 0.15) is 22.4 Å². The van der Waals surface area contributed by atoms with Crippen LogP contribution in [0.25, 0.3) is 23.0 Å². The fourth-order valence-corrected chi connectivity index (χ4v) is 5.59. The van der Waals surface area contributed by atoms with Gasteiger partial charge in [-0.05, 0) is 61.7 Å². The van der Waals surface area contributed by atoms with Gasteiger partial charge in [-0.15, -0.1) is 0 Å². The molecule has 1 unspecified atom stereocenters. The Hall–Kier alpha value is -3.20. The largest absolute Gasteiger partial charge is 0.489 e. The summed E-state index contributed by atoms with van der Waals surface area (Å²) in [6.07, 6.45) is 7.60. The van der Waals surface area contributed by atoms with E-state index in [2.05, 4.69) is 12.6 Å². The van der Waals surface area contributed by atoms with E-state index in [0.29, 0.717) is 22.4 Å². The molecule has 3 aromatic rings. The number of thiocarbonyl (C=S) groups is 1. The minimum atomic E-state index is -0.0803. The van der Waals surface area contributed by atoms with Crippen LogP contribution in [0.5, 0.6) is 5.75 Å². The Morgan fingerprint density at radius 3 is 2.83 bits per heavy atom. The zero-order valence-electron chi connectivity index (χ0n) is 20.1. The maximum absolute atomic E-state index is 13.3. The number of carbonyl (C=O) groups is 1. The molecule has 2 aliphatic heterocycles. The summed E-state index contributed by atoms with van der Waals surface area (Å²) in [7, 11) is 0. The van der Waals surface area contributed by atoms with Crippen molar-refractivity contribution in [3.05, 3.63) is 83.4 Å². The van der Waals surface area contributed by atoms with E-state index in [1.807, 2.05) is 66.3 Å². The van der Waals surface area contributed by atoms with E-state index >= 15 is 0 Å². The second-order valence-electron chi connectivity index (χ2n) is 8.72. The molecule has 1 atom stereocenters. The maximum Gasteiger partial charge on any atom is 0.266 e. The van der Waals surface area contributed by atoms with Crippen LogP contribution in [0.4, 0.5) is 0 Å². The molecule has 6 nitrogen and oxygen atoms in total. The normalized spacial score (nSPS) is 18.9. The van der Waals surface area contributed by atoms with Crippen LogP contribution in [0.3, 0.4) is 0 Å². The first kappa shape index (κ1) is 24.5. The highest BCUT2D eigenvalue weighted by molar-refractivity contribution is 8.26. The van der Waals surface area contributed by atoms with E-state index in [0.717, 1.165) is 53.3 Å². The summed E-state index contributed by atoms with van der Waals surface area (Å²) in [6, 6.07) is 15.9. The molecule has 184 valence electrons. The molecule has 5 rings (SSSR count). The molecule has 0 aliphatic carbocycles. The third kappa shape index (κ3) is 5.16. The van der Waals surface area contributed by atoms with Crippen molar-refractivity contribution in [2.75, 3.05) is 19.8 Å². The first-order valence-corrected chi connectivity index (χ1v) is 13.1. The lowest BCUT2D eigenvalue weighted by Gasteiger charge is -2.18. The predicted octanol–water partition coefficient (Wildman–Crippen LogP) is 5.79. The van der Waals surface area contributed by atoms with Gasteiger partial charge in [0, 0.05) is 23.9 Å². The van der Waals surface area contributed by atoms with E-state index in [-0.39, 0.29) is 12.0 Å². The van der Waals surface area contributed by atoms with E-state index < -0.39 is 0 Å². The summed E-state index contributed by atoms with van der Waals surface area (Å²) >= 11 is 6.88. The molecule has 0 spiro atoms. The molecule has 3 heterocycles. The van der Waals surface area contributed by atoms with Crippen molar-refractivity contribution < 1.29 is 14.3 Å². The summed E-state index contributed by atoms with van der Waals surface area (Å²) < 4.78 is 13.9. The first-order valence-electron chi connectivity index (χ1n) is 11.9. The molecule has 2 aliphatic rings. The molecule has 2 fully saturated rings. The highest BCUT2D eigenvalue weighted by Gasteiger charge is 2.35. The summed E-state index contributed by atoms with van der Waals surface area (Å²) in [5.74, 6) is 0.723. The van der Waals surface area contributed by atoms with Crippen molar-refractivity contribution in [3.63, 3.8) is 0 Å². The first-order chi connectivity index (χ1) is 17.5. The fraction of sp³-hybridized carbons (Fsp3) is 0.250. The third-order valence-corrected chi connectivity index (χ3v) is 7.52. The standard InChI is InChI=1S/C28H27N3O3S2/c1-3-13-34-24-12-11-20(15-19(24)2)26-21(17-31(29-26)22-8-5-4-6-9-22)16-25-27(32)30(28(35)36-25)18-23-10-7-14-33-23/h3-6,8-9,11-12,15-17,23H,1,7,10,13-14,18H2,2H3/b25-16-. The van der Waals surface area contributed by atoms with Gasteiger partial charge in [-0.3, -0.25) is 9.69 Å². The summed E-state index contributed by atoms with van der Waals surface area (Å²) in [4.78, 5) is 15.5. The van der Waals surface area contributed by atoms with Crippen LogP contribution in [-0.4, -0.2) is 50.8 Å². The van der Waals surface area contributed by atoms with Crippen molar-refractivity contribution in [3.8, 4) is 22.7 Å². The molecular formula is C28H27N3O3S2. The number of nitrogens with zero attached hydrogens (tertiary/aromatic N) is 3. The number of thioether (sulfide) groups is 1. The van der Waals surface area contributed by atoms with Gasteiger partial charge >= 0.3 is 0 Å². The van der Waals surface area contributed by atoms with Gasteiger partial charge in [0.05, 0.1) is 23.2 Å². The fourth-order valence-electron chi connectivity index (χ4n) is 4.33. The average molecular weight is 518 g/mol. The number of ether oxygens (including phenoxy) is 2. The minimum absolute atomic E-state index is 0.0491. The Morgan fingerprint density at radius 2 is 2.11 bits per heavy atom. The van der Waals surface area contributed by atoms with Gasteiger partial charge in [-0.25, -0.2) is 4.68 Å². The van der Waals surface area contributed by atoms with Gasteiger partial charge in [0.15, 0.2) is 0 Å². The minimum Gasteiger partial charge on any atom is -0.489 e. The Kier molecular flexibility index (Phi) is 7.36. The van der Waals surface area contributed by atoms with Crippen molar-refractivity contribution in [1.82, 2.24) is 14.7 Å². The van der Waals surface area contributed by atoms with Crippen LogP contribution in [0.2, 0.25) is 0 Å². The quantitative estimate of drug-likeness (QED) is 0.214. The van der Waals surface area contributed by atoms with Crippen LogP contribution in [0, 0.1) is 6.92 Å². The van der Waals surface area contributed by atoms with E-state index in [1.54, 1.807) is 11.0 Å². The number of hydrogen-bond acceptors (Lipinski definition) is 6. The smallest absolute Gasteiger partial charge is 0.266 e. The van der Waals surface area contributed by atoms with Crippen LogP contribution >= 0.6 is 24.0 Å². The second-order valence-corrected chi connectivity index (χ2v) is 10.4. The number of aryl methyl sites for hydroxylation is 1. The van der Waals surface area contributed by atoms with Gasteiger partial charge < -0.3 is 9.47 Å². The highest BCUT2D eigenvalue weighted by Crippen LogP contribution is 2.36. The Labute approximate surface area is 220 Å². The highest BCUT2D eigenvalue weighted by atomic mass is 32.2. The summed E-state index contributed by atoms with van der Waals surface area (Å²) in [5, 5.41) is 4.90. The Bertz CT molecular complexity index is 1330. The Balaban J connectivity index is 1.51. The molecule has 36 heavy (non-hydrogen) atoms. The number of rotatable bonds is 8. The third-order valence-electron chi connectivity index (χ3n) is 6.14. The molecule has 0 radical (unpaired) electrons. The van der Waals surface area contributed by atoms with Crippen molar-refractivity contribution in [2.45, 2.75) is 25.9 Å². The summed E-state index contributed by atoms with van der Waals surface area (Å²) in [6.45, 7) is 7.41. The SMILES string of the molecule is C=CCOc1ccc(-c2nn(-c3ccccc3)cc2/C=C2\SC(=S)N(CC3CCCO3)C2=O)cc1C. The lowest BCUT2D eigenvalue weighted by atomic mass is 10.0. The topological polar surface area (TPSA) is 56.6 Å². The van der Waals surface area contributed by atoms with Crippen molar-refractivity contribution in [2.24, 2.45) is 0 Å². The summed E-state index contributed by atoms with van der Waals surface area (Å²) in [5.41, 5.74) is 4.50. The lowest BCUT2D eigenvalue weighted by Crippen LogP contribution is -2.35. The van der Waals surface area contributed by atoms with Gasteiger partial charge in [0.2, 0.25) is 0 Å². The van der Waals surface area contributed by atoms with Gasteiger partial charge in [0.25, 0.3) is 5.91 Å². The van der Waals surface area contributed by atoms with Crippen LogP contribution < -0.4 is 4.74 Å². The molecule has 0 saturated carbocycles. The van der Waals surface area contributed by atoms with Crippen molar-refractivity contribution >= 4 is 40.3 Å². The molecule has 2 saturated heterocycles. The molecule has 0 bridgehead atoms. The number of amides is 1. The monoisotopic (exact) mass is 517 g/mol. The number of hydrogen-bond donors (Lipinski definition) is 0. The average Bonchev–Trinajstić information content (AvgIpc) is 3.61. The van der Waals surface area contributed by atoms with Gasteiger partial charge in [-0.2, -0.15) is 5.10 Å². The van der Waals surface area contributed by atoms with Crippen LogP contribution in [0.1, 0.15) is 24.0 Å². The molecule has 0 N–H and O–H groups in total. The van der Waals surface area contributed by atoms with E-state index in [4.69, 9.17) is 26.8 Å². The molecule has 2 aromatic carbocycles. The number of benzene rings is 2. The predicted molar refractivity (Wildman–Crippen MR) is 148 cm³/mol. The van der Waals surface area contributed by atoms with E-state index in [9.17, 15) is 4.79 Å². The Morgan fingerprint density at radius 1 is 1.28 bits per heavy atom. The number of carbonyl (C=O) groups excluding carboxylic acids is 1.